The molecule has 0 radical (unpaired) electrons. The van der Waals surface area contributed by atoms with Gasteiger partial charge in [0.25, 0.3) is 0 Å². The Morgan fingerprint density at radius 2 is 2.26 bits per heavy atom. The Hall–Kier alpha value is -2.17. The summed E-state index contributed by atoms with van der Waals surface area (Å²) in [6.07, 6.45) is -2.68. The number of ketones is 1. The third-order valence-corrected chi connectivity index (χ3v) is 3.32. The van der Waals surface area contributed by atoms with Crippen LogP contribution in [0.2, 0.25) is 0 Å². The van der Waals surface area contributed by atoms with Gasteiger partial charge in [-0.2, -0.15) is 13.8 Å². The highest BCUT2D eigenvalue weighted by atomic mass is 19.3. The molecule has 2 rings (SSSR count). The summed E-state index contributed by atoms with van der Waals surface area (Å²) in [5, 5.41) is 18.4. The van der Waals surface area contributed by atoms with Gasteiger partial charge >= 0.3 is 11.6 Å². The molecule has 0 aliphatic carbocycles. The van der Waals surface area contributed by atoms with E-state index in [0.29, 0.717) is 4.57 Å². The van der Waals surface area contributed by atoms with Crippen LogP contribution in [0.5, 0.6) is 0 Å². The van der Waals surface area contributed by atoms with Crippen molar-refractivity contribution in [2.24, 2.45) is 0 Å². The SMILES string of the molecule is CC(=O)/C=C/c1cn(C2OC(CO)C(O)C2(F)F)c(=O)nc1N. The van der Waals surface area contributed by atoms with Crippen LogP contribution in [0.1, 0.15) is 18.7 Å². The van der Waals surface area contributed by atoms with Crippen molar-refractivity contribution in [3.8, 4) is 0 Å². The number of halogens is 2. The number of aliphatic hydroxyl groups is 2. The summed E-state index contributed by atoms with van der Waals surface area (Å²) < 4.78 is 33.5. The van der Waals surface area contributed by atoms with E-state index in [2.05, 4.69) is 4.98 Å². The molecule has 1 aliphatic rings. The first-order valence-electron chi connectivity index (χ1n) is 6.58. The van der Waals surface area contributed by atoms with E-state index in [1.54, 1.807) is 0 Å². The van der Waals surface area contributed by atoms with Crippen molar-refractivity contribution in [3.05, 3.63) is 28.3 Å². The van der Waals surface area contributed by atoms with Crippen molar-refractivity contribution in [1.29, 1.82) is 0 Å². The van der Waals surface area contributed by atoms with E-state index in [4.69, 9.17) is 15.6 Å². The Morgan fingerprint density at radius 1 is 1.61 bits per heavy atom. The number of nitrogens with two attached hydrogens (primary N) is 1. The van der Waals surface area contributed by atoms with Crippen LogP contribution in [-0.4, -0.2) is 50.3 Å². The van der Waals surface area contributed by atoms with Crippen molar-refractivity contribution in [2.75, 3.05) is 12.3 Å². The number of aromatic nitrogens is 2. The minimum Gasteiger partial charge on any atom is -0.394 e. The molecule has 0 spiro atoms. The molecule has 3 unspecified atom stereocenters. The van der Waals surface area contributed by atoms with Crippen molar-refractivity contribution in [2.45, 2.75) is 31.3 Å². The second-order valence-corrected chi connectivity index (χ2v) is 5.04. The lowest BCUT2D eigenvalue weighted by molar-refractivity contribution is -0.141. The summed E-state index contributed by atoms with van der Waals surface area (Å²) in [7, 11) is 0. The Balaban J connectivity index is 2.49. The van der Waals surface area contributed by atoms with Gasteiger partial charge in [-0.05, 0) is 19.1 Å². The first-order chi connectivity index (χ1) is 10.7. The van der Waals surface area contributed by atoms with Gasteiger partial charge in [0.1, 0.15) is 11.9 Å². The van der Waals surface area contributed by atoms with Gasteiger partial charge in [0.2, 0.25) is 6.23 Å². The topological polar surface area (TPSA) is 128 Å². The number of carbonyl (C=O) groups is 1. The molecule has 126 valence electrons. The third kappa shape index (κ3) is 3.14. The molecule has 0 aromatic carbocycles. The summed E-state index contributed by atoms with van der Waals surface area (Å²) in [5.41, 5.74) is 4.46. The van der Waals surface area contributed by atoms with Crippen LogP contribution in [0.3, 0.4) is 0 Å². The molecule has 2 heterocycles. The van der Waals surface area contributed by atoms with Gasteiger partial charge in [0, 0.05) is 11.8 Å². The molecule has 1 aromatic rings. The van der Waals surface area contributed by atoms with Crippen LogP contribution in [0, 0.1) is 0 Å². The van der Waals surface area contributed by atoms with Crippen LogP contribution in [0.4, 0.5) is 14.6 Å². The van der Waals surface area contributed by atoms with E-state index in [9.17, 15) is 23.5 Å². The summed E-state index contributed by atoms with van der Waals surface area (Å²) in [4.78, 5) is 26.2. The van der Waals surface area contributed by atoms with E-state index in [1.807, 2.05) is 0 Å². The first kappa shape index (κ1) is 17.2. The number of aliphatic hydroxyl groups excluding tert-OH is 2. The van der Waals surface area contributed by atoms with Crippen LogP contribution >= 0.6 is 0 Å². The Labute approximate surface area is 128 Å². The second kappa shape index (κ2) is 6.14. The van der Waals surface area contributed by atoms with Crippen molar-refractivity contribution in [1.82, 2.24) is 9.55 Å². The molecular weight excluding hydrogens is 316 g/mol. The average Bonchev–Trinajstić information content (AvgIpc) is 2.69. The lowest BCUT2D eigenvalue weighted by Crippen LogP contribution is -2.42. The van der Waals surface area contributed by atoms with Gasteiger partial charge in [-0.3, -0.25) is 9.36 Å². The standard InChI is InChI=1S/C13H15F2N3O5/c1-6(20)2-3-7-4-18(12(22)17-10(7)16)11-13(14,15)9(21)8(5-19)23-11/h2-4,8-9,11,19,21H,5H2,1H3,(H2,16,17,22)/b3-2+. The number of allylic oxidation sites excluding steroid dienone is 1. The van der Waals surface area contributed by atoms with Gasteiger partial charge in [-0.1, -0.05) is 0 Å². The zero-order valence-electron chi connectivity index (χ0n) is 12.0. The first-order valence-corrected chi connectivity index (χ1v) is 6.58. The molecule has 0 amide bonds. The molecule has 1 saturated heterocycles. The average molecular weight is 331 g/mol. The number of nitrogen functional groups attached to an aromatic ring is 1. The molecule has 0 bridgehead atoms. The molecule has 3 atom stereocenters. The number of hydrogen-bond donors (Lipinski definition) is 3. The van der Waals surface area contributed by atoms with E-state index in [-0.39, 0.29) is 17.2 Å². The van der Waals surface area contributed by atoms with Gasteiger partial charge in [0.15, 0.2) is 11.9 Å². The number of carbonyl (C=O) groups excluding carboxylic acids is 1. The van der Waals surface area contributed by atoms with E-state index in [1.165, 1.54) is 13.0 Å². The molecule has 1 aromatic heterocycles. The minimum atomic E-state index is -3.82. The van der Waals surface area contributed by atoms with Crippen molar-refractivity contribution in [3.63, 3.8) is 0 Å². The highest BCUT2D eigenvalue weighted by Crippen LogP contribution is 2.42. The fraction of sp³-hybridized carbons (Fsp3) is 0.462. The Kier molecular flexibility index (Phi) is 4.59. The number of nitrogens with zero attached hydrogens (tertiary/aromatic N) is 2. The van der Waals surface area contributed by atoms with Gasteiger partial charge in [0.05, 0.1) is 6.61 Å². The Morgan fingerprint density at radius 3 is 2.78 bits per heavy atom. The molecule has 1 aliphatic heterocycles. The van der Waals surface area contributed by atoms with Crippen molar-refractivity contribution >= 4 is 17.7 Å². The molecule has 0 saturated carbocycles. The van der Waals surface area contributed by atoms with Crippen molar-refractivity contribution < 1.29 is 28.5 Å². The monoisotopic (exact) mass is 331 g/mol. The second-order valence-electron chi connectivity index (χ2n) is 5.04. The fourth-order valence-electron chi connectivity index (χ4n) is 2.12. The van der Waals surface area contributed by atoms with Gasteiger partial charge in [-0.25, -0.2) is 4.79 Å². The summed E-state index contributed by atoms with van der Waals surface area (Å²) in [6.45, 7) is 0.425. The number of rotatable bonds is 4. The molecule has 10 heteroatoms. The molecular formula is C13H15F2N3O5. The fourth-order valence-corrected chi connectivity index (χ4v) is 2.12. The van der Waals surface area contributed by atoms with Crippen LogP contribution in [0.25, 0.3) is 6.08 Å². The highest BCUT2D eigenvalue weighted by molar-refractivity contribution is 5.92. The number of alkyl halides is 2. The zero-order chi connectivity index (χ0) is 17.4. The summed E-state index contributed by atoms with van der Waals surface area (Å²) in [5.74, 6) is -4.39. The third-order valence-electron chi connectivity index (χ3n) is 3.32. The van der Waals surface area contributed by atoms with Crippen LogP contribution < -0.4 is 11.4 Å². The predicted molar refractivity (Wildman–Crippen MR) is 74.6 cm³/mol. The van der Waals surface area contributed by atoms with Crippen LogP contribution in [0.15, 0.2) is 17.1 Å². The van der Waals surface area contributed by atoms with Gasteiger partial charge < -0.3 is 20.7 Å². The number of hydrogen-bond acceptors (Lipinski definition) is 7. The van der Waals surface area contributed by atoms with E-state index in [0.717, 1.165) is 12.3 Å². The number of ether oxygens (including phenoxy) is 1. The zero-order valence-corrected chi connectivity index (χ0v) is 12.0. The maximum atomic E-state index is 14.1. The lowest BCUT2D eigenvalue weighted by Gasteiger charge is -2.21. The van der Waals surface area contributed by atoms with E-state index >= 15 is 0 Å². The summed E-state index contributed by atoms with van der Waals surface area (Å²) in [6, 6.07) is 0. The normalized spacial score (nSPS) is 26.7. The summed E-state index contributed by atoms with van der Waals surface area (Å²) >= 11 is 0. The smallest absolute Gasteiger partial charge is 0.351 e. The molecule has 4 N–H and O–H groups in total. The van der Waals surface area contributed by atoms with Crippen LogP contribution in [-0.2, 0) is 9.53 Å². The molecule has 8 nitrogen and oxygen atoms in total. The lowest BCUT2D eigenvalue weighted by atomic mass is 10.1. The van der Waals surface area contributed by atoms with E-state index < -0.39 is 36.7 Å². The maximum Gasteiger partial charge on any atom is 0.351 e. The molecule has 23 heavy (non-hydrogen) atoms. The largest absolute Gasteiger partial charge is 0.394 e. The Bertz CT molecular complexity index is 703. The maximum absolute atomic E-state index is 14.1. The van der Waals surface area contributed by atoms with Gasteiger partial charge in [-0.15, -0.1) is 0 Å². The quantitative estimate of drug-likeness (QED) is 0.623. The predicted octanol–water partition coefficient (Wildman–Crippen LogP) is -0.686. The molecule has 1 fully saturated rings. The minimum absolute atomic E-state index is 0.0566. The number of anilines is 1. The highest BCUT2D eigenvalue weighted by Gasteiger charge is 2.59.